The molecule has 9 nitrogen and oxygen atoms in total. The van der Waals surface area contributed by atoms with Crippen molar-refractivity contribution in [1.29, 1.82) is 0 Å². The number of guanidine groups is 1. The van der Waals surface area contributed by atoms with Crippen molar-refractivity contribution in [3.63, 3.8) is 0 Å². The number of carbonyl (C=O) groups is 3. The lowest BCUT2D eigenvalue weighted by molar-refractivity contribution is 0.0354. The fourth-order valence-electron chi connectivity index (χ4n) is 2.18. The molecule has 0 radical (unpaired) electrons. The Morgan fingerprint density at radius 3 is 1.72 bits per heavy atom. The molecule has 3 amide bonds. The standard InChI is InChI=1S/C22H41N3O6.CH4/c1-15(2)13-12-14-25(19(28)31-22(9,10)11)16(23-17(26)29-20(3,4)5)24-18(27)30-21(6,7)8;/h15H,12-14H2,1-11H3,(H,23,24,26,27);1H4. The van der Waals surface area contributed by atoms with Crippen LogP contribution in [0.2, 0.25) is 0 Å². The Balaban J connectivity index is 0. The van der Waals surface area contributed by atoms with Crippen LogP contribution in [-0.2, 0) is 14.2 Å². The Hall–Kier alpha value is -2.32. The summed E-state index contributed by atoms with van der Waals surface area (Å²) >= 11 is 0. The number of nitrogens with zero attached hydrogens (tertiary/aromatic N) is 2. The van der Waals surface area contributed by atoms with E-state index in [-0.39, 0.29) is 19.9 Å². The molecule has 0 fully saturated rings. The van der Waals surface area contributed by atoms with Gasteiger partial charge in [-0.15, -0.1) is 4.99 Å². The number of hydrogen-bond acceptors (Lipinski definition) is 6. The maximum atomic E-state index is 12.9. The molecule has 0 bridgehead atoms. The van der Waals surface area contributed by atoms with Crippen molar-refractivity contribution in [2.45, 2.75) is 113 Å². The second-order valence-electron chi connectivity index (χ2n) is 10.7. The molecule has 0 aromatic heterocycles. The SMILES string of the molecule is C.CC(C)CCCN(C(=O)OC(C)(C)C)C(=NC(=O)OC(C)(C)C)NC(=O)OC(C)(C)C. The predicted molar refractivity (Wildman–Crippen MR) is 127 cm³/mol. The maximum Gasteiger partial charge on any atom is 0.437 e. The molecule has 0 unspecified atom stereocenters. The van der Waals surface area contributed by atoms with E-state index in [0.29, 0.717) is 12.3 Å². The lowest BCUT2D eigenvalue weighted by Gasteiger charge is -2.29. The molecule has 0 heterocycles. The van der Waals surface area contributed by atoms with Gasteiger partial charge in [-0.05, 0) is 81.1 Å². The van der Waals surface area contributed by atoms with Crippen molar-refractivity contribution < 1.29 is 28.6 Å². The number of ether oxygens (including phenoxy) is 3. The summed E-state index contributed by atoms with van der Waals surface area (Å²) in [7, 11) is 0. The molecule has 0 atom stereocenters. The molecule has 0 aliphatic rings. The van der Waals surface area contributed by atoms with Crippen molar-refractivity contribution in [3.05, 3.63) is 0 Å². The van der Waals surface area contributed by atoms with Gasteiger partial charge in [-0.25, -0.2) is 19.3 Å². The summed E-state index contributed by atoms with van der Waals surface area (Å²) in [5.74, 6) is 0.104. The molecule has 0 saturated carbocycles. The Morgan fingerprint density at radius 2 is 1.31 bits per heavy atom. The van der Waals surface area contributed by atoms with Crippen molar-refractivity contribution in [2.75, 3.05) is 6.54 Å². The molecule has 9 heteroatoms. The predicted octanol–water partition coefficient (Wildman–Crippen LogP) is 6.11. The van der Waals surface area contributed by atoms with Crippen molar-refractivity contribution in [2.24, 2.45) is 10.9 Å². The average Bonchev–Trinajstić information content (AvgIpc) is 2.44. The second-order valence-corrected chi connectivity index (χ2v) is 10.7. The van der Waals surface area contributed by atoms with E-state index in [1.807, 2.05) is 0 Å². The van der Waals surface area contributed by atoms with Gasteiger partial charge in [0.2, 0.25) is 5.96 Å². The van der Waals surface area contributed by atoms with Crippen molar-refractivity contribution in [3.8, 4) is 0 Å². The van der Waals surface area contributed by atoms with Gasteiger partial charge in [0, 0.05) is 6.54 Å². The summed E-state index contributed by atoms with van der Waals surface area (Å²) in [6.45, 7) is 19.7. The molecule has 1 N–H and O–H groups in total. The van der Waals surface area contributed by atoms with Gasteiger partial charge in [-0.1, -0.05) is 21.3 Å². The lowest BCUT2D eigenvalue weighted by Crippen LogP contribution is -2.50. The van der Waals surface area contributed by atoms with E-state index in [0.717, 1.165) is 11.3 Å². The molecule has 0 aromatic carbocycles. The Kier molecular flexibility index (Phi) is 12.6. The zero-order valence-corrected chi connectivity index (χ0v) is 21.0. The molecule has 32 heavy (non-hydrogen) atoms. The largest absolute Gasteiger partial charge is 0.444 e. The van der Waals surface area contributed by atoms with Crippen LogP contribution in [-0.4, -0.2) is 52.5 Å². The van der Waals surface area contributed by atoms with E-state index < -0.39 is 35.1 Å². The highest BCUT2D eigenvalue weighted by atomic mass is 16.6. The van der Waals surface area contributed by atoms with E-state index >= 15 is 0 Å². The number of carbonyl (C=O) groups excluding carboxylic acids is 3. The van der Waals surface area contributed by atoms with Crippen LogP contribution in [0.4, 0.5) is 14.4 Å². The summed E-state index contributed by atoms with van der Waals surface area (Å²) in [6, 6.07) is 0. The number of amides is 3. The number of aliphatic imine (C=N–C) groups is 1. The van der Waals surface area contributed by atoms with E-state index in [1.54, 1.807) is 62.3 Å². The minimum atomic E-state index is -0.948. The normalized spacial score (nSPS) is 12.6. The minimum absolute atomic E-state index is 0. The van der Waals surface area contributed by atoms with Crippen molar-refractivity contribution in [1.82, 2.24) is 10.2 Å². The Morgan fingerprint density at radius 1 is 0.844 bits per heavy atom. The van der Waals surface area contributed by atoms with Gasteiger partial charge >= 0.3 is 18.3 Å². The van der Waals surface area contributed by atoms with Crippen LogP contribution in [0.25, 0.3) is 0 Å². The van der Waals surface area contributed by atoms with E-state index in [2.05, 4.69) is 24.2 Å². The number of rotatable bonds is 4. The summed E-state index contributed by atoms with van der Waals surface area (Å²) < 4.78 is 16.0. The first-order valence-corrected chi connectivity index (χ1v) is 10.6. The highest BCUT2D eigenvalue weighted by Gasteiger charge is 2.30. The average molecular weight is 460 g/mol. The summed E-state index contributed by atoms with van der Waals surface area (Å²) in [6.07, 6.45) is -1.11. The Labute approximate surface area is 194 Å². The molecule has 0 rings (SSSR count). The molecule has 188 valence electrons. The molecule has 0 aromatic rings. The van der Waals surface area contributed by atoms with Crippen LogP contribution in [0.3, 0.4) is 0 Å². The molecule has 0 aliphatic heterocycles. The van der Waals surface area contributed by atoms with Crippen LogP contribution >= 0.6 is 0 Å². The Bertz CT molecular complexity index is 652. The highest BCUT2D eigenvalue weighted by molar-refractivity contribution is 6.04. The zero-order chi connectivity index (χ0) is 24.6. The molecule has 0 spiro atoms. The van der Waals surface area contributed by atoms with E-state index in [4.69, 9.17) is 14.2 Å². The minimum Gasteiger partial charge on any atom is -0.444 e. The van der Waals surface area contributed by atoms with Crippen LogP contribution in [0, 0.1) is 5.92 Å². The summed E-state index contributed by atoms with van der Waals surface area (Å²) in [5.41, 5.74) is -2.36. The van der Waals surface area contributed by atoms with Gasteiger partial charge < -0.3 is 14.2 Å². The monoisotopic (exact) mass is 459 g/mol. The quantitative estimate of drug-likeness (QED) is 0.309. The maximum absolute atomic E-state index is 12.9. The molecular formula is C23H45N3O6. The third kappa shape index (κ3) is 16.4. The fourth-order valence-corrected chi connectivity index (χ4v) is 2.18. The third-order valence-corrected chi connectivity index (χ3v) is 3.24. The first-order chi connectivity index (χ1) is 13.8. The van der Waals surface area contributed by atoms with Gasteiger partial charge in [-0.2, -0.15) is 0 Å². The van der Waals surface area contributed by atoms with Crippen LogP contribution in [0.5, 0.6) is 0 Å². The lowest BCUT2D eigenvalue weighted by atomic mass is 10.1. The molecule has 0 saturated heterocycles. The number of hydrogen-bond donors (Lipinski definition) is 1. The number of nitrogens with one attached hydrogen (secondary N) is 1. The van der Waals surface area contributed by atoms with Crippen LogP contribution < -0.4 is 5.32 Å². The first-order valence-electron chi connectivity index (χ1n) is 10.6. The molecular weight excluding hydrogens is 414 g/mol. The van der Waals surface area contributed by atoms with Gasteiger partial charge in [0.25, 0.3) is 0 Å². The third-order valence-electron chi connectivity index (χ3n) is 3.24. The molecule has 0 aliphatic carbocycles. The van der Waals surface area contributed by atoms with E-state index in [1.165, 1.54) is 0 Å². The van der Waals surface area contributed by atoms with Gasteiger partial charge in [0.1, 0.15) is 16.8 Å². The van der Waals surface area contributed by atoms with Crippen molar-refractivity contribution >= 4 is 24.2 Å². The first kappa shape index (κ1) is 31.9. The summed E-state index contributed by atoms with van der Waals surface area (Å²) in [4.78, 5) is 42.6. The van der Waals surface area contributed by atoms with Crippen LogP contribution in [0.1, 0.15) is 96.4 Å². The van der Waals surface area contributed by atoms with Gasteiger partial charge in [0.15, 0.2) is 0 Å². The van der Waals surface area contributed by atoms with Gasteiger partial charge in [0.05, 0.1) is 0 Å². The fraction of sp³-hybridized carbons (Fsp3) is 0.826. The highest BCUT2D eigenvalue weighted by Crippen LogP contribution is 2.14. The second kappa shape index (κ2) is 12.6. The summed E-state index contributed by atoms with van der Waals surface area (Å²) in [5, 5.41) is 2.41. The van der Waals surface area contributed by atoms with Crippen LogP contribution in [0.15, 0.2) is 4.99 Å². The smallest absolute Gasteiger partial charge is 0.437 e. The number of alkyl carbamates (subject to hydrolysis) is 1. The van der Waals surface area contributed by atoms with Gasteiger partial charge in [-0.3, -0.25) is 5.32 Å². The zero-order valence-electron chi connectivity index (χ0n) is 21.0. The van der Waals surface area contributed by atoms with E-state index in [9.17, 15) is 14.4 Å². The topological polar surface area (TPSA) is 107 Å².